The highest BCUT2D eigenvalue weighted by atomic mass is 32.1. The molecule has 5 aromatic rings. The summed E-state index contributed by atoms with van der Waals surface area (Å²) in [6.45, 7) is 3.72. The van der Waals surface area contributed by atoms with Crippen molar-refractivity contribution in [3.8, 4) is 11.1 Å². The van der Waals surface area contributed by atoms with E-state index in [1.807, 2.05) is 15.5 Å². The van der Waals surface area contributed by atoms with Gasteiger partial charge in [0.25, 0.3) is 17.7 Å². The van der Waals surface area contributed by atoms with Crippen LogP contribution in [0.15, 0.2) is 72.6 Å². The number of nitrogens with zero attached hydrogens (tertiary/aromatic N) is 9. The Morgan fingerprint density at radius 1 is 0.921 bits per heavy atom. The van der Waals surface area contributed by atoms with Gasteiger partial charge in [-0.2, -0.15) is 0 Å². The molecule has 0 bridgehead atoms. The molecule has 63 heavy (non-hydrogen) atoms. The van der Waals surface area contributed by atoms with Gasteiger partial charge in [0.1, 0.15) is 5.82 Å². The Kier molecular flexibility index (Phi) is 10.7. The van der Waals surface area contributed by atoms with Crippen LogP contribution in [0, 0.1) is 5.82 Å². The fraction of sp³-hybridized carbons (Fsp3) is 0.386. The summed E-state index contributed by atoms with van der Waals surface area (Å²) < 4.78 is 49.8. The number of halogens is 3. The number of carbonyl (C=O) groups is 4. The van der Waals surface area contributed by atoms with E-state index in [4.69, 9.17) is 0 Å². The molecule has 15 nitrogen and oxygen atoms in total. The van der Waals surface area contributed by atoms with E-state index in [0.717, 1.165) is 24.4 Å². The number of pyridine rings is 1. The number of benzene rings is 2. The molecular weight excluding hydrogens is 836 g/mol. The predicted molar refractivity (Wildman–Crippen MR) is 228 cm³/mol. The second kappa shape index (κ2) is 16.5. The molecule has 0 radical (unpaired) electrons. The Bertz CT molecular complexity index is 2560. The van der Waals surface area contributed by atoms with Crippen LogP contribution in [0.4, 0.5) is 34.5 Å². The van der Waals surface area contributed by atoms with Crippen LogP contribution in [0.2, 0.25) is 0 Å². The number of imide groups is 1. The van der Waals surface area contributed by atoms with Crippen LogP contribution in [0.5, 0.6) is 0 Å². The van der Waals surface area contributed by atoms with Gasteiger partial charge in [-0.1, -0.05) is 12.1 Å². The SMILES string of the molecule is O=C1CCN(c2ccc(CN3CCN(C4CCN(c5ccc(-c6cc(F)c7c(c6)C(=O)N(C(C(=O)Nc6nccs6)c6ncn8c6CCC8)C7)cc5)CC4(F)F)CC3)nc2)C(=O)N1. The van der Waals surface area contributed by atoms with Crippen molar-refractivity contribution in [2.45, 2.75) is 63.3 Å². The number of amides is 5. The minimum absolute atomic E-state index is 0.110. The van der Waals surface area contributed by atoms with Crippen molar-refractivity contribution in [2.75, 3.05) is 60.9 Å². The Labute approximate surface area is 364 Å². The Balaban J connectivity index is 0.768. The van der Waals surface area contributed by atoms with Gasteiger partial charge in [-0.25, -0.2) is 27.9 Å². The number of piperidine rings is 1. The molecule has 2 unspecified atom stereocenters. The van der Waals surface area contributed by atoms with Crippen molar-refractivity contribution < 1.29 is 32.3 Å². The molecule has 0 aliphatic carbocycles. The van der Waals surface area contributed by atoms with Crippen LogP contribution in [-0.2, 0) is 35.6 Å². The second-order valence-electron chi connectivity index (χ2n) is 16.6. The summed E-state index contributed by atoms with van der Waals surface area (Å²) >= 11 is 1.25. The smallest absolute Gasteiger partial charge is 0.328 e. The number of nitrogens with one attached hydrogen (secondary N) is 2. The molecule has 5 aliphatic rings. The zero-order chi connectivity index (χ0) is 43.4. The Hall–Kier alpha value is -6.18. The van der Waals surface area contributed by atoms with E-state index in [1.54, 1.807) is 65.4 Å². The summed E-state index contributed by atoms with van der Waals surface area (Å²) in [6.07, 6.45) is 6.98. The first-order valence-corrected chi connectivity index (χ1v) is 22.0. The van der Waals surface area contributed by atoms with E-state index in [2.05, 4.69) is 30.5 Å². The highest BCUT2D eigenvalue weighted by Crippen LogP contribution is 2.39. The Morgan fingerprint density at radius 3 is 2.46 bits per heavy atom. The highest BCUT2D eigenvalue weighted by Gasteiger charge is 2.48. The van der Waals surface area contributed by atoms with Crippen molar-refractivity contribution in [1.82, 2.24) is 39.5 Å². The number of hydrogen-bond acceptors (Lipinski definition) is 11. The average Bonchev–Trinajstić information content (AvgIpc) is 4.10. The molecule has 10 rings (SSSR count). The largest absolute Gasteiger partial charge is 0.365 e. The average molecular weight is 880 g/mol. The molecule has 3 saturated heterocycles. The first-order valence-electron chi connectivity index (χ1n) is 21.1. The van der Waals surface area contributed by atoms with E-state index in [-0.39, 0.29) is 36.4 Å². The van der Waals surface area contributed by atoms with E-state index in [0.29, 0.717) is 85.6 Å². The molecular formula is C44H44F3N11O4S. The number of imidazole rings is 1. The first-order chi connectivity index (χ1) is 30.5. The van der Waals surface area contributed by atoms with Crippen LogP contribution >= 0.6 is 11.3 Å². The van der Waals surface area contributed by atoms with E-state index >= 15 is 13.2 Å². The molecule has 8 heterocycles. The number of rotatable bonds is 10. The number of hydrogen-bond donors (Lipinski definition) is 2. The summed E-state index contributed by atoms with van der Waals surface area (Å²) in [4.78, 5) is 73.5. The van der Waals surface area contributed by atoms with E-state index < -0.39 is 48.2 Å². The molecule has 2 atom stereocenters. The molecule has 3 aromatic heterocycles. The van der Waals surface area contributed by atoms with Crippen LogP contribution in [-0.4, -0.2) is 116 Å². The topological polar surface area (TPSA) is 152 Å². The quantitative estimate of drug-likeness (QED) is 0.189. The van der Waals surface area contributed by atoms with Gasteiger partial charge in [-0.15, -0.1) is 11.3 Å². The summed E-state index contributed by atoms with van der Waals surface area (Å²) in [7, 11) is 0. The number of thiazole rings is 1. The molecule has 3 fully saturated rings. The zero-order valence-electron chi connectivity index (χ0n) is 34.2. The normalized spacial score (nSPS) is 20.8. The van der Waals surface area contributed by atoms with Gasteiger partial charge in [0.2, 0.25) is 5.91 Å². The molecule has 2 aromatic carbocycles. The minimum Gasteiger partial charge on any atom is -0.365 e. The van der Waals surface area contributed by atoms with Gasteiger partial charge in [0.05, 0.1) is 48.7 Å². The number of aromatic nitrogens is 4. The highest BCUT2D eigenvalue weighted by molar-refractivity contribution is 7.13. The number of carbonyl (C=O) groups excluding carboxylic acids is 4. The number of aryl methyl sites for hydroxylation is 1. The van der Waals surface area contributed by atoms with Crippen LogP contribution < -0.4 is 20.4 Å². The maximum atomic E-state index is 15.9. The summed E-state index contributed by atoms with van der Waals surface area (Å²) in [5.41, 5.74) is 4.82. The fourth-order valence-electron chi connectivity index (χ4n) is 9.57. The van der Waals surface area contributed by atoms with Crippen molar-refractivity contribution in [3.05, 3.63) is 107 Å². The lowest BCUT2D eigenvalue weighted by molar-refractivity contribution is -0.121. The lowest BCUT2D eigenvalue weighted by Crippen LogP contribution is -2.61. The summed E-state index contributed by atoms with van der Waals surface area (Å²) in [6, 6.07) is 11.2. The Morgan fingerprint density at radius 2 is 1.73 bits per heavy atom. The molecule has 5 amide bonds. The standard InChI is InChI=1S/C44H44F3N11O4S/c45-34-21-28(20-32-33(34)24-58(41(32)61)39(40(60)52-42-48-11-19-63-42)38-35-2-1-12-56(35)26-50-38)27-3-6-30(7-4-27)55-13-9-36(44(46,47)25-55)54-17-15-53(16-18-54)23-29-5-8-31(22-49-29)57-14-10-37(59)51-43(57)62/h3-8,11,19-22,26,36,39H,1-2,9-10,12-18,23-25H2,(H,48,52,60)(H,51,59,62). The number of urea groups is 1. The zero-order valence-corrected chi connectivity index (χ0v) is 35.0. The summed E-state index contributed by atoms with van der Waals surface area (Å²) in [5, 5.41) is 7.24. The molecule has 19 heteroatoms. The van der Waals surface area contributed by atoms with Gasteiger partial charge < -0.3 is 14.4 Å². The molecule has 326 valence electrons. The van der Waals surface area contributed by atoms with Gasteiger partial charge >= 0.3 is 6.03 Å². The number of anilines is 3. The molecule has 0 spiro atoms. The number of fused-ring (bicyclic) bond motifs is 2. The predicted octanol–water partition coefficient (Wildman–Crippen LogP) is 5.30. The van der Waals surface area contributed by atoms with Gasteiger partial charge in [0, 0.05) is 92.9 Å². The molecule has 2 N–H and O–H groups in total. The van der Waals surface area contributed by atoms with Crippen LogP contribution in [0.1, 0.15) is 58.3 Å². The van der Waals surface area contributed by atoms with Crippen molar-refractivity contribution in [2.24, 2.45) is 0 Å². The molecule has 0 saturated carbocycles. The minimum atomic E-state index is -2.97. The van der Waals surface area contributed by atoms with E-state index in [1.165, 1.54) is 27.2 Å². The third-order valence-electron chi connectivity index (χ3n) is 12.8. The fourth-order valence-corrected chi connectivity index (χ4v) is 10.1. The number of piperazine rings is 1. The summed E-state index contributed by atoms with van der Waals surface area (Å²) in [5.74, 6) is -4.80. The molecule has 5 aliphatic heterocycles. The van der Waals surface area contributed by atoms with Gasteiger partial charge in [0.15, 0.2) is 11.2 Å². The lowest BCUT2D eigenvalue weighted by atomic mass is 9.96. The van der Waals surface area contributed by atoms with Crippen molar-refractivity contribution in [3.63, 3.8) is 0 Å². The van der Waals surface area contributed by atoms with Crippen LogP contribution in [0.25, 0.3) is 11.1 Å². The van der Waals surface area contributed by atoms with Crippen molar-refractivity contribution >= 4 is 51.6 Å². The monoisotopic (exact) mass is 879 g/mol. The van der Waals surface area contributed by atoms with Gasteiger partial charge in [-0.05, 0) is 66.8 Å². The van der Waals surface area contributed by atoms with Crippen molar-refractivity contribution in [1.29, 1.82) is 0 Å². The lowest BCUT2D eigenvalue weighted by Gasteiger charge is -2.46. The van der Waals surface area contributed by atoms with Crippen LogP contribution in [0.3, 0.4) is 0 Å². The van der Waals surface area contributed by atoms with E-state index in [9.17, 15) is 19.2 Å². The van der Waals surface area contributed by atoms with Gasteiger partial charge in [-0.3, -0.25) is 44.7 Å². The third kappa shape index (κ3) is 7.93. The maximum Gasteiger partial charge on any atom is 0.328 e. The second-order valence-corrected chi connectivity index (χ2v) is 17.5. The number of alkyl halides is 2. The first kappa shape index (κ1) is 40.9. The third-order valence-corrected chi connectivity index (χ3v) is 13.5. The maximum absolute atomic E-state index is 15.9.